The first-order chi connectivity index (χ1) is 7.36. The molecule has 8 heteroatoms. The van der Waals surface area contributed by atoms with E-state index in [2.05, 4.69) is 0 Å². The Bertz CT molecular complexity index is 169. The van der Waals surface area contributed by atoms with E-state index in [1.807, 2.05) is 0 Å². The van der Waals surface area contributed by atoms with Crippen molar-refractivity contribution in [3.63, 3.8) is 0 Å². The van der Waals surface area contributed by atoms with E-state index in [1.165, 1.54) is 0 Å². The molecular formula is C8H18O8. The van der Waals surface area contributed by atoms with Gasteiger partial charge in [0.1, 0.15) is 36.6 Å². The molecule has 0 amide bonds. The van der Waals surface area contributed by atoms with Crippen LogP contribution in [0.1, 0.15) is 0 Å². The molecule has 0 unspecified atom stereocenters. The third-order valence-electron chi connectivity index (χ3n) is 2.21. The minimum absolute atomic E-state index is 0.844. The van der Waals surface area contributed by atoms with Crippen LogP contribution in [0.2, 0.25) is 0 Å². The topological polar surface area (TPSA) is 162 Å². The van der Waals surface area contributed by atoms with Crippen molar-refractivity contribution in [2.75, 3.05) is 13.2 Å². The smallest absolute Gasteiger partial charge is 0.111 e. The molecule has 0 spiro atoms. The van der Waals surface area contributed by atoms with Crippen LogP contribution in [0.3, 0.4) is 0 Å². The number of aliphatic hydroxyl groups excluding tert-OH is 8. The van der Waals surface area contributed by atoms with E-state index in [4.69, 9.17) is 20.4 Å². The summed E-state index contributed by atoms with van der Waals surface area (Å²) in [5, 5.41) is 71.8. The molecule has 0 aliphatic carbocycles. The minimum Gasteiger partial charge on any atom is -0.394 e. The van der Waals surface area contributed by atoms with Crippen LogP contribution >= 0.6 is 0 Å². The summed E-state index contributed by atoms with van der Waals surface area (Å²) in [4.78, 5) is 0. The van der Waals surface area contributed by atoms with Crippen LogP contribution in [0.4, 0.5) is 0 Å². The van der Waals surface area contributed by atoms with Crippen LogP contribution < -0.4 is 0 Å². The molecular weight excluding hydrogens is 224 g/mol. The standard InChI is InChI=1S/C8H18O8/c9-1-3(11)5(13)7(15)8(16)6(14)4(12)2-10/h3-16H,1-2H2/t3-,4-,5+,6+,7-,8+/m1/s1. The van der Waals surface area contributed by atoms with Gasteiger partial charge in [0.05, 0.1) is 13.2 Å². The summed E-state index contributed by atoms with van der Waals surface area (Å²) in [6.45, 7) is -1.69. The fourth-order valence-electron chi connectivity index (χ4n) is 1.08. The highest BCUT2D eigenvalue weighted by Crippen LogP contribution is 2.10. The Balaban J connectivity index is 4.41. The molecule has 8 N–H and O–H groups in total. The summed E-state index contributed by atoms with van der Waals surface area (Å²) in [6.07, 6.45) is -11.1. The lowest BCUT2D eigenvalue weighted by molar-refractivity contribution is -0.161. The summed E-state index contributed by atoms with van der Waals surface area (Å²) in [6, 6.07) is 0. The minimum atomic E-state index is -1.97. The van der Waals surface area contributed by atoms with Gasteiger partial charge in [0, 0.05) is 0 Å². The van der Waals surface area contributed by atoms with Gasteiger partial charge in [-0.2, -0.15) is 0 Å². The maximum Gasteiger partial charge on any atom is 0.111 e. The summed E-state index contributed by atoms with van der Waals surface area (Å²) in [5.41, 5.74) is 0. The number of rotatable bonds is 7. The van der Waals surface area contributed by atoms with Gasteiger partial charge < -0.3 is 40.9 Å². The van der Waals surface area contributed by atoms with Gasteiger partial charge in [-0.3, -0.25) is 0 Å². The van der Waals surface area contributed by atoms with Crippen molar-refractivity contribution in [3.8, 4) is 0 Å². The molecule has 16 heavy (non-hydrogen) atoms. The number of hydrogen-bond donors (Lipinski definition) is 8. The highest BCUT2D eigenvalue weighted by molar-refractivity contribution is 4.87. The van der Waals surface area contributed by atoms with Gasteiger partial charge in [0.25, 0.3) is 0 Å². The van der Waals surface area contributed by atoms with Crippen molar-refractivity contribution < 1.29 is 40.9 Å². The van der Waals surface area contributed by atoms with Gasteiger partial charge in [-0.25, -0.2) is 0 Å². The molecule has 0 aromatic carbocycles. The highest BCUT2D eigenvalue weighted by Gasteiger charge is 2.36. The van der Waals surface area contributed by atoms with Crippen LogP contribution in [0, 0.1) is 0 Å². The average Bonchev–Trinajstić information content (AvgIpc) is 2.32. The molecule has 0 saturated carbocycles. The molecule has 0 aliphatic heterocycles. The molecule has 0 saturated heterocycles. The Morgan fingerprint density at radius 1 is 0.500 bits per heavy atom. The quantitative estimate of drug-likeness (QED) is 0.220. The zero-order chi connectivity index (χ0) is 12.9. The van der Waals surface area contributed by atoms with Gasteiger partial charge in [-0.05, 0) is 0 Å². The molecule has 0 fully saturated rings. The van der Waals surface area contributed by atoms with Gasteiger partial charge in [0.15, 0.2) is 0 Å². The second-order valence-electron chi connectivity index (χ2n) is 3.46. The molecule has 8 nitrogen and oxygen atoms in total. The molecule has 6 atom stereocenters. The SMILES string of the molecule is OC[C@@H](O)[C@H](O)[C@H](O)[C@H](O)[C@@H](O)[C@H](O)CO. The molecule has 0 aromatic rings. The van der Waals surface area contributed by atoms with Gasteiger partial charge in [-0.15, -0.1) is 0 Å². The lowest BCUT2D eigenvalue weighted by atomic mass is 9.97. The van der Waals surface area contributed by atoms with E-state index in [1.54, 1.807) is 0 Å². The lowest BCUT2D eigenvalue weighted by Gasteiger charge is -2.29. The zero-order valence-corrected chi connectivity index (χ0v) is 8.46. The number of hydrogen-bond acceptors (Lipinski definition) is 8. The van der Waals surface area contributed by atoms with Gasteiger partial charge >= 0.3 is 0 Å². The Hall–Kier alpha value is -0.320. The van der Waals surface area contributed by atoms with Crippen molar-refractivity contribution in [2.24, 2.45) is 0 Å². The van der Waals surface area contributed by atoms with Gasteiger partial charge in [-0.1, -0.05) is 0 Å². The molecule has 0 radical (unpaired) electrons. The molecule has 0 aliphatic rings. The second kappa shape index (κ2) is 7.09. The predicted molar refractivity (Wildman–Crippen MR) is 50.2 cm³/mol. The average molecular weight is 242 g/mol. The molecule has 98 valence electrons. The van der Waals surface area contributed by atoms with E-state index in [0.29, 0.717) is 0 Å². The first-order valence-electron chi connectivity index (χ1n) is 4.66. The van der Waals surface area contributed by atoms with Crippen molar-refractivity contribution >= 4 is 0 Å². The van der Waals surface area contributed by atoms with Gasteiger partial charge in [0.2, 0.25) is 0 Å². The molecule has 0 bridgehead atoms. The Morgan fingerprint density at radius 3 is 0.938 bits per heavy atom. The third-order valence-corrected chi connectivity index (χ3v) is 2.21. The normalized spacial score (nSPS) is 23.2. The maximum atomic E-state index is 9.28. The maximum absolute atomic E-state index is 9.28. The van der Waals surface area contributed by atoms with Crippen LogP contribution in [-0.4, -0.2) is 90.7 Å². The fraction of sp³-hybridized carbons (Fsp3) is 1.00. The van der Waals surface area contributed by atoms with E-state index in [0.717, 1.165) is 0 Å². The van der Waals surface area contributed by atoms with Crippen LogP contribution in [-0.2, 0) is 0 Å². The van der Waals surface area contributed by atoms with Crippen LogP contribution in [0.25, 0.3) is 0 Å². The Kier molecular flexibility index (Phi) is 6.95. The molecule has 0 rings (SSSR count). The Labute approximate surface area is 91.6 Å². The van der Waals surface area contributed by atoms with E-state index in [9.17, 15) is 20.4 Å². The first-order valence-corrected chi connectivity index (χ1v) is 4.66. The largest absolute Gasteiger partial charge is 0.394 e. The summed E-state index contributed by atoms with van der Waals surface area (Å²) in [5.74, 6) is 0. The third kappa shape index (κ3) is 3.92. The van der Waals surface area contributed by atoms with Crippen molar-refractivity contribution in [1.29, 1.82) is 0 Å². The fourth-order valence-corrected chi connectivity index (χ4v) is 1.08. The first kappa shape index (κ1) is 15.7. The van der Waals surface area contributed by atoms with Crippen LogP contribution in [0.15, 0.2) is 0 Å². The van der Waals surface area contributed by atoms with E-state index < -0.39 is 49.8 Å². The Morgan fingerprint density at radius 2 is 0.750 bits per heavy atom. The monoisotopic (exact) mass is 242 g/mol. The summed E-state index contributed by atoms with van der Waals surface area (Å²) < 4.78 is 0. The van der Waals surface area contributed by atoms with Crippen molar-refractivity contribution in [1.82, 2.24) is 0 Å². The van der Waals surface area contributed by atoms with Crippen LogP contribution in [0.5, 0.6) is 0 Å². The number of aliphatic hydroxyl groups is 8. The molecule has 0 heterocycles. The highest BCUT2D eigenvalue weighted by atomic mass is 16.4. The second-order valence-corrected chi connectivity index (χ2v) is 3.46. The zero-order valence-electron chi connectivity index (χ0n) is 8.46. The van der Waals surface area contributed by atoms with Crippen molar-refractivity contribution in [3.05, 3.63) is 0 Å². The molecule has 0 aromatic heterocycles. The lowest BCUT2D eigenvalue weighted by Crippen LogP contribution is -2.53. The van der Waals surface area contributed by atoms with Crippen molar-refractivity contribution in [2.45, 2.75) is 36.6 Å². The predicted octanol–water partition coefficient (Wildman–Crippen LogP) is -4.86. The summed E-state index contributed by atoms with van der Waals surface area (Å²) >= 11 is 0. The summed E-state index contributed by atoms with van der Waals surface area (Å²) in [7, 11) is 0. The van der Waals surface area contributed by atoms with E-state index in [-0.39, 0.29) is 0 Å². The van der Waals surface area contributed by atoms with E-state index >= 15 is 0 Å².